The first-order valence-electron chi connectivity index (χ1n) is 9.05. The van der Waals surface area contributed by atoms with Crippen molar-refractivity contribution in [2.45, 2.75) is 25.0 Å². The zero-order valence-electron chi connectivity index (χ0n) is 15.8. The van der Waals surface area contributed by atoms with Gasteiger partial charge in [-0.1, -0.05) is 29.8 Å². The molecule has 2 aromatic heterocycles. The molecule has 0 aliphatic heterocycles. The molecule has 0 saturated carbocycles. The average Bonchev–Trinajstić information content (AvgIpc) is 3.40. The quantitative estimate of drug-likeness (QED) is 0.506. The molecule has 0 saturated heterocycles. The van der Waals surface area contributed by atoms with Crippen LogP contribution in [0.5, 0.6) is 0 Å². The van der Waals surface area contributed by atoms with Gasteiger partial charge in [0.1, 0.15) is 29.9 Å². The third kappa shape index (κ3) is 3.81. The Hall–Kier alpha value is -3.17. The van der Waals surface area contributed by atoms with Crippen LogP contribution in [-0.2, 0) is 12.1 Å². The topological polar surface area (TPSA) is 81.6 Å². The Kier molecular flexibility index (Phi) is 5.31. The van der Waals surface area contributed by atoms with E-state index in [0.29, 0.717) is 10.7 Å². The lowest BCUT2D eigenvalue weighted by Crippen LogP contribution is -2.38. The number of halogens is 3. The highest BCUT2D eigenvalue weighted by Gasteiger charge is 2.41. The van der Waals surface area contributed by atoms with Crippen molar-refractivity contribution in [3.8, 4) is 5.69 Å². The van der Waals surface area contributed by atoms with E-state index < -0.39 is 23.2 Å². The Labute approximate surface area is 175 Å². The molecular weight excluding hydrogens is 414 g/mol. The van der Waals surface area contributed by atoms with Crippen LogP contribution in [0.25, 0.3) is 5.69 Å². The molecule has 2 atom stereocenters. The van der Waals surface area contributed by atoms with Gasteiger partial charge < -0.3 is 5.11 Å². The number of benzene rings is 2. The Bertz CT molecular complexity index is 1150. The highest BCUT2D eigenvalue weighted by atomic mass is 35.5. The molecule has 0 fully saturated rings. The Morgan fingerprint density at radius 1 is 1.17 bits per heavy atom. The summed E-state index contributed by atoms with van der Waals surface area (Å²) in [6.45, 7) is 1.57. The van der Waals surface area contributed by atoms with Gasteiger partial charge in [-0.3, -0.25) is 0 Å². The minimum atomic E-state index is -1.80. The van der Waals surface area contributed by atoms with Crippen LogP contribution in [0.4, 0.5) is 8.78 Å². The zero-order valence-corrected chi connectivity index (χ0v) is 16.6. The van der Waals surface area contributed by atoms with E-state index in [1.54, 1.807) is 37.4 Å². The van der Waals surface area contributed by atoms with Crippen molar-refractivity contribution in [2.75, 3.05) is 0 Å². The lowest BCUT2D eigenvalue weighted by Gasteiger charge is -2.33. The molecule has 0 spiro atoms. The number of aromatic nitrogens is 6. The van der Waals surface area contributed by atoms with Crippen LogP contribution in [0.15, 0.2) is 61.3 Å². The van der Waals surface area contributed by atoms with E-state index in [4.69, 9.17) is 11.6 Å². The van der Waals surface area contributed by atoms with E-state index in [-0.39, 0.29) is 12.1 Å². The molecule has 154 valence electrons. The molecule has 0 radical (unpaired) electrons. The fourth-order valence-corrected chi connectivity index (χ4v) is 3.42. The number of nitrogens with zero attached hydrogens (tertiary/aromatic N) is 6. The van der Waals surface area contributed by atoms with Gasteiger partial charge in [0.25, 0.3) is 0 Å². The molecular formula is C20H17ClF2N6O. The molecule has 4 aromatic rings. The lowest BCUT2D eigenvalue weighted by molar-refractivity contribution is -0.0123. The minimum Gasteiger partial charge on any atom is -0.382 e. The van der Waals surface area contributed by atoms with Crippen LogP contribution in [0.3, 0.4) is 0 Å². The highest BCUT2D eigenvalue weighted by molar-refractivity contribution is 6.30. The fraction of sp³-hybridized carbons (Fsp3) is 0.200. The first kappa shape index (κ1) is 20.1. The Morgan fingerprint density at radius 3 is 2.60 bits per heavy atom. The molecule has 30 heavy (non-hydrogen) atoms. The van der Waals surface area contributed by atoms with Gasteiger partial charge >= 0.3 is 0 Å². The van der Waals surface area contributed by atoms with Gasteiger partial charge in [-0.05, 0) is 30.3 Å². The molecule has 10 heteroatoms. The van der Waals surface area contributed by atoms with Crippen LogP contribution >= 0.6 is 11.6 Å². The van der Waals surface area contributed by atoms with Crippen molar-refractivity contribution in [1.29, 1.82) is 0 Å². The van der Waals surface area contributed by atoms with E-state index in [1.807, 2.05) is 0 Å². The summed E-state index contributed by atoms with van der Waals surface area (Å²) in [5.41, 5.74) is -0.742. The second-order valence-corrected chi connectivity index (χ2v) is 7.36. The molecule has 2 aromatic carbocycles. The van der Waals surface area contributed by atoms with E-state index in [1.165, 1.54) is 28.1 Å². The molecule has 0 aliphatic rings. The van der Waals surface area contributed by atoms with Gasteiger partial charge in [-0.25, -0.2) is 23.1 Å². The van der Waals surface area contributed by atoms with Gasteiger partial charge in [0.2, 0.25) is 0 Å². The summed E-state index contributed by atoms with van der Waals surface area (Å²) >= 11 is 5.92. The van der Waals surface area contributed by atoms with Crippen LogP contribution in [-0.4, -0.2) is 34.9 Å². The smallest absolute Gasteiger partial charge is 0.137 e. The molecule has 0 aliphatic carbocycles. The SMILES string of the molecule is CC(c1cn(-c2ccc(Cl)cc2)nn1)C(O)(Cn1cncn1)c1ccc(F)cc1F. The fourth-order valence-electron chi connectivity index (χ4n) is 3.30. The summed E-state index contributed by atoms with van der Waals surface area (Å²) in [5, 5.41) is 24.5. The molecule has 7 nitrogen and oxygen atoms in total. The van der Waals surface area contributed by atoms with Crippen molar-refractivity contribution < 1.29 is 13.9 Å². The standard InChI is InChI=1S/C20H17ClF2N6O/c1-13(19-9-29(27-26-19)16-5-2-14(21)3-6-16)20(30,10-28-12-24-11-25-28)17-7-4-15(22)8-18(17)23/h2-9,11-13,30H,10H2,1H3. The molecule has 0 bridgehead atoms. The first-order valence-corrected chi connectivity index (χ1v) is 9.43. The lowest BCUT2D eigenvalue weighted by atomic mass is 9.80. The Balaban J connectivity index is 1.74. The average molecular weight is 431 g/mol. The summed E-state index contributed by atoms with van der Waals surface area (Å²) in [7, 11) is 0. The maximum atomic E-state index is 14.7. The minimum absolute atomic E-state index is 0.0760. The van der Waals surface area contributed by atoms with Gasteiger partial charge in [-0.2, -0.15) is 5.10 Å². The molecule has 0 amide bonds. The third-order valence-electron chi connectivity index (χ3n) is 5.03. The molecule has 1 N–H and O–H groups in total. The normalized spacial score (nSPS) is 14.4. The van der Waals surface area contributed by atoms with Crippen molar-refractivity contribution in [3.05, 3.63) is 89.2 Å². The second kappa shape index (κ2) is 7.92. The van der Waals surface area contributed by atoms with E-state index in [2.05, 4.69) is 20.4 Å². The monoisotopic (exact) mass is 430 g/mol. The van der Waals surface area contributed by atoms with Gasteiger partial charge in [0.15, 0.2) is 0 Å². The largest absolute Gasteiger partial charge is 0.382 e. The van der Waals surface area contributed by atoms with Crippen molar-refractivity contribution in [1.82, 2.24) is 29.8 Å². The number of aliphatic hydroxyl groups is 1. The van der Waals surface area contributed by atoms with Crippen LogP contribution < -0.4 is 0 Å². The van der Waals surface area contributed by atoms with Gasteiger partial charge in [-0.15, -0.1) is 5.10 Å². The maximum Gasteiger partial charge on any atom is 0.137 e. The predicted octanol–water partition coefficient (Wildman–Crippen LogP) is 3.48. The van der Waals surface area contributed by atoms with E-state index in [0.717, 1.165) is 17.8 Å². The van der Waals surface area contributed by atoms with E-state index in [9.17, 15) is 13.9 Å². The summed E-state index contributed by atoms with van der Waals surface area (Å²) in [5.74, 6) is -2.32. The van der Waals surface area contributed by atoms with E-state index >= 15 is 0 Å². The van der Waals surface area contributed by atoms with Crippen molar-refractivity contribution in [2.24, 2.45) is 0 Å². The number of rotatable bonds is 6. The first-order chi connectivity index (χ1) is 14.4. The van der Waals surface area contributed by atoms with Gasteiger partial charge in [0.05, 0.1) is 24.1 Å². The Morgan fingerprint density at radius 2 is 1.93 bits per heavy atom. The molecule has 2 heterocycles. The summed E-state index contributed by atoms with van der Waals surface area (Å²) in [6, 6.07) is 10.0. The third-order valence-corrected chi connectivity index (χ3v) is 5.28. The summed E-state index contributed by atoms with van der Waals surface area (Å²) < 4.78 is 31.0. The number of hydrogen-bond acceptors (Lipinski definition) is 5. The number of hydrogen-bond donors (Lipinski definition) is 1. The van der Waals surface area contributed by atoms with Gasteiger partial charge in [0, 0.05) is 22.6 Å². The summed E-state index contributed by atoms with van der Waals surface area (Å²) in [6.07, 6.45) is 4.36. The molecule has 4 rings (SSSR count). The van der Waals surface area contributed by atoms with Crippen LogP contribution in [0, 0.1) is 11.6 Å². The predicted molar refractivity (Wildman–Crippen MR) is 105 cm³/mol. The zero-order chi connectivity index (χ0) is 21.3. The van der Waals surface area contributed by atoms with Crippen LogP contribution in [0.2, 0.25) is 5.02 Å². The maximum absolute atomic E-state index is 14.7. The van der Waals surface area contributed by atoms with Crippen molar-refractivity contribution >= 4 is 11.6 Å². The van der Waals surface area contributed by atoms with Crippen molar-refractivity contribution in [3.63, 3.8) is 0 Å². The second-order valence-electron chi connectivity index (χ2n) is 6.93. The summed E-state index contributed by atoms with van der Waals surface area (Å²) in [4.78, 5) is 3.86. The highest BCUT2D eigenvalue weighted by Crippen LogP contribution is 2.39. The van der Waals surface area contributed by atoms with Crippen LogP contribution in [0.1, 0.15) is 24.1 Å². The molecule has 2 unspecified atom stereocenters.